The molecule has 1 saturated carbocycles. The average molecular weight is 491 g/mol. The van der Waals surface area contributed by atoms with E-state index in [1.165, 1.54) is 12.8 Å². The molecule has 7 heteroatoms. The van der Waals surface area contributed by atoms with Gasteiger partial charge >= 0.3 is 0 Å². The van der Waals surface area contributed by atoms with Gasteiger partial charge in [-0.05, 0) is 55.9 Å². The summed E-state index contributed by atoms with van der Waals surface area (Å²) in [6, 6.07) is 7.63. The SMILES string of the molecule is CCOCCC1(CNC(=NC)N(C)CCOc2ccc(OC)cc2)CC1.I. The molecule has 1 aromatic rings. The summed E-state index contributed by atoms with van der Waals surface area (Å²) in [5.41, 5.74) is 0.394. The van der Waals surface area contributed by atoms with E-state index in [9.17, 15) is 0 Å². The van der Waals surface area contributed by atoms with Crippen molar-refractivity contribution in [1.82, 2.24) is 10.2 Å². The fraction of sp³-hybridized carbons (Fsp3) is 0.650. The van der Waals surface area contributed by atoms with Crippen molar-refractivity contribution in [2.24, 2.45) is 10.4 Å². The van der Waals surface area contributed by atoms with Crippen molar-refractivity contribution in [1.29, 1.82) is 0 Å². The van der Waals surface area contributed by atoms with Crippen LogP contribution in [0.5, 0.6) is 11.5 Å². The molecule has 1 N–H and O–H groups in total. The van der Waals surface area contributed by atoms with Crippen LogP contribution in [-0.4, -0.2) is 65.0 Å². The van der Waals surface area contributed by atoms with Crippen LogP contribution in [0.2, 0.25) is 0 Å². The molecule has 0 amide bonds. The summed E-state index contributed by atoms with van der Waals surface area (Å²) in [6.45, 7) is 6.00. The third kappa shape index (κ3) is 8.13. The molecule has 0 atom stereocenters. The van der Waals surface area contributed by atoms with Crippen LogP contribution in [0, 0.1) is 5.41 Å². The van der Waals surface area contributed by atoms with Crippen LogP contribution in [0.25, 0.3) is 0 Å². The monoisotopic (exact) mass is 491 g/mol. The molecular formula is C20H34IN3O3. The zero-order valence-electron chi connectivity index (χ0n) is 17.0. The van der Waals surface area contributed by atoms with Gasteiger partial charge in [0.05, 0.1) is 13.7 Å². The van der Waals surface area contributed by atoms with Crippen LogP contribution < -0.4 is 14.8 Å². The lowest BCUT2D eigenvalue weighted by atomic mass is 10.0. The molecule has 1 aliphatic rings. The molecule has 0 unspecified atom stereocenters. The Bertz CT molecular complexity index is 562. The van der Waals surface area contributed by atoms with Crippen LogP contribution in [0.15, 0.2) is 29.3 Å². The van der Waals surface area contributed by atoms with Gasteiger partial charge in [-0.1, -0.05) is 0 Å². The minimum Gasteiger partial charge on any atom is -0.497 e. The molecule has 0 heterocycles. The Hall–Kier alpha value is -1.22. The summed E-state index contributed by atoms with van der Waals surface area (Å²) in [6.07, 6.45) is 3.66. The Kier molecular flexibility index (Phi) is 10.8. The largest absolute Gasteiger partial charge is 0.497 e. The van der Waals surface area contributed by atoms with Crippen molar-refractivity contribution in [3.63, 3.8) is 0 Å². The first-order valence-electron chi connectivity index (χ1n) is 9.39. The second-order valence-corrected chi connectivity index (χ2v) is 6.79. The molecule has 154 valence electrons. The normalized spacial score (nSPS) is 14.9. The molecule has 2 rings (SSSR count). The van der Waals surface area contributed by atoms with Crippen LogP contribution >= 0.6 is 24.0 Å². The molecule has 27 heavy (non-hydrogen) atoms. The van der Waals surface area contributed by atoms with Crippen molar-refractivity contribution in [3.8, 4) is 11.5 Å². The highest BCUT2D eigenvalue weighted by Crippen LogP contribution is 2.48. The summed E-state index contributed by atoms with van der Waals surface area (Å²) >= 11 is 0. The third-order valence-electron chi connectivity index (χ3n) is 4.89. The van der Waals surface area contributed by atoms with Crippen molar-refractivity contribution in [3.05, 3.63) is 24.3 Å². The van der Waals surface area contributed by atoms with Crippen LogP contribution in [-0.2, 0) is 4.74 Å². The number of guanidine groups is 1. The van der Waals surface area contributed by atoms with E-state index in [4.69, 9.17) is 14.2 Å². The molecule has 0 spiro atoms. The summed E-state index contributed by atoms with van der Waals surface area (Å²) in [5.74, 6) is 2.58. The van der Waals surface area contributed by atoms with Gasteiger partial charge in [0.15, 0.2) is 5.96 Å². The van der Waals surface area contributed by atoms with E-state index in [0.29, 0.717) is 12.0 Å². The Morgan fingerprint density at radius 2 is 1.85 bits per heavy atom. The summed E-state index contributed by atoms with van der Waals surface area (Å²) < 4.78 is 16.5. The first-order valence-corrected chi connectivity index (χ1v) is 9.39. The first kappa shape index (κ1) is 23.8. The number of nitrogens with zero attached hydrogens (tertiary/aromatic N) is 2. The second kappa shape index (κ2) is 12.3. The lowest BCUT2D eigenvalue weighted by Gasteiger charge is -2.24. The molecule has 0 saturated heterocycles. The van der Waals surface area contributed by atoms with Gasteiger partial charge in [0, 0.05) is 33.9 Å². The quantitative estimate of drug-likeness (QED) is 0.223. The summed E-state index contributed by atoms with van der Waals surface area (Å²) in [7, 11) is 5.52. The maximum Gasteiger partial charge on any atom is 0.193 e. The minimum absolute atomic E-state index is 0. The topological polar surface area (TPSA) is 55.3 Å². The number of rotatable bonds is 11. The highest BCUT2D eigenvalue weighted by molar-refractivity contribution is 14.0. The molecule has 0 aliphatic heterocycles. The van der Waals surface area contributed by atoms with Gasteiger partial charge in [-0.25, -0.2) is 0 Å². The first-order chi connectivity index (χ1) is 12.6. The molecule has 1 aromatic carbocycles. The maximum absolute atomic E-state index is 5.80. The fourth-order valence-corrected chi connectivity index (χ4v) is 2.85. The summed E-state index contributed by atoms with van der Waals surface area (Å²) in [5, 5.41) is 3.51. The number of methoxy groups -OCH3 is 1. The van der Waals surface area contributed by atoms with Crippen molar-refractivity contribution >= 4 is 29.9 Å². The Morgan fingerprint density at radius 1 is 1.19 bits per heavy atom. The zero-order valence-corrected chi connectivity index (χ0v) is 19.3. The number of hydrogen-bond donors (Lipinski definition) is 1. The average Bonchev–Trinajstić information content (AvgIpc) is 3.43. The molecule has 0 bridgehead atoms. The molecule has 1 aliphatic carbocycles. The third-order valence-corrected chi connectivity index (χ3v) is 4.89. The van der Waals surface area contributed by atoms with Crippen LogP contribution in [0.3, 0.4) is 0 Å². The van der Waals surface area contributed by atoms with Crippen LogP contribution in [0.4, 0.5) is 0 Å². The van der Waals surface area contributed by atoms with Crippen molar-refractivity contribution in [2.45, 2.75) is 26.2 Å². The molecule has 0 radical (unpaired) electrons. The predicted octanol–water partition coefficient (Wildman–Crippen LogP) is 3.41. The number of hydrogen-bond acceptors (Lipinski definition) is 4. The Morgan fingerprint density at radius 3 is 2.41 bits per heavy atom. The highest BCUT2D eigenvalue weighted by atomic mass is 127. The number of aliphatic imine (C=N–C) groups is 1. The van der Waals surface area contributed by atoms with Gasteiger partial charge in [-0.3, -0.25) is 4.99 Å². The lowest BCUT2D eigenvalue weighted by molar-refractivity contribution is 0.128. The van der Waals surface area contributed by atoms with E-state index in [1.54, 1.807) is 7.11 Å². The zero-order chi connectivity index (χ0) is 18.8. The van der Waals surface area contributed by atoms with Gasteiger partial charge in [0.25, 0.3) is 0 Å². The minimum atomic E-state index is 0. The van der Waals surface area contributed by atoms with Crippen molar-refractivity contribution in [2.75, 3.05) is 54.1 Å². The van der Waals surface area contributed by atoms with Crippen molar-refractivity contribution < 1.29 is 14.2 Å². The number of nitrogens with one attached hydrogen (secondary N) is 1. The molecular weight excluding hydrogens is 457 g/mol. The van der Waals surface area contributed by atoms with Gasteiger partial charge < -0.3 is 24.4 Å². The standard InChI is InChI=1S/C20H33N3O3.HI/c1-5-25-14-12-20(10-11-20)16-22-19(21-2)23(3)13-15-26-18-8-6-17(24-4)7-9-18;/h6-9H,5,10-16H2,1-4H3,(H,21,22);1H. The van der Waals surface area contributed by atoms with E-state index < -0.39 is 0 Å². The number of halogens is 1. The van der Waals surface area contributed by atoms with Gasteiger partial charge in [0.1, 0.15) is 18.1 Å². The fourth-order valence-electron chi connectivity index (χ4n) is 2.85. The number of likely N-dealkylation sites (N-methyl/N-ethyl adjacent to an activating group) is 1. The van der Waals surface area contributed by atoms with E-state index in [0.717, 1.165) is 50.2 Å². The Balaban J connectivity index is 0.00000364. The number of benzene rings is 1. The smallest absolute Gasteiger partial charge is 0.193 e. The lowest BCUT2D eigenvalue weighted by Crippen LogP contribution is -2.43. The highest BCUT2D eigenvalue weighted by Gasteiger charge is 2.42. The predicted molar refractivity (Wildman–Crippen MR) is 121 cm³/mol. The van der Waals surface area contributed by atoms with E-state index >= 15 is 0 Å². The number of ether oxygens (including phenoxy) is 3. The summed E-state index contributed by atoms with van der Waals surface area (Å²) in [4.78, 5) is 6.49. The van der Waals surface area contributed by atoms with E-state index in [1.807, 2.05) is 45.3 Å². The Labute approximate surface area is 180 Å². The van der Waals surface area contributed by atoms with Gasteiger partial charge in [-0.15, -0.1) is 24.0 Å². The second-order valence-electron chi connectivity index (χ2n) is 6.79. The molecule has 6 nitrogen and oxygen atoms in total. The van der Waals surface area contributed by atoms with Crippen LogP contribution in [0.1, 0.15) is 26.2 Å². The van der Waals surface area contributed by atoms with Gasteiger partial charge in [0.2, 0.25) is 0 Å². The van der Waals surface area contributed by atoms with Gasteiger partial charge in [-0.2, -0.15) is 0 Å². The maximum atomic E-state index is 5.80. The molecule has 0 aromatic heterocycles. The molecule has 1 fully saturated rings. The van der Waals surface area contributed by atoms with E-state index in [2.05, 4.69) is 15.2 Å². The van der Waals surface area contributed by atoms with E-state index in [-0.39, 0.29) is 24.0 Å².